The lowest BCUT2D eigenvalue weighted by Gasteiger charge is -2.14. The van der Waals surface area contributed by atoms with Crippen LogP contribution in [0, 0.1) is 5.92 Å². The number of rotatable bonds is 6. The Kier molecular flexibility index (Phi) is 4.93. The van der Waals surface area contributed by atoms with E-state index < -0.39 is 0 Å². The van der Waals surface area contributed by atoms with Gasteiger partial charge in [-0.3, -0.25) is 4.98 Å². The van der Waals surface area contributed by atoms with Crippen molar-refractivity contribution in [1.29, 1.82) is 0 Å². The minimum atomic E-state index is 0.627. The number of aromatic nitrogens is 2. The van der Waals surface area contributed by atoms with E-state index >= 15 is 0 Å². The molecule has 1 aromatic rings. The van der Waals surface area contributed by atoms with E-state index in [4.69, 9.17) is 5.73 Å². The quantitative estimate of drug-likeness (QED) is 0.715. The Morgan fingerprint density at radius 1 is 1.50 bits per heavy atom. The third-order valence-electron chi connectivity index (χ3n) is 2.29. The van der Waals surface area contributed by atoms with Crippen molar-refractivity contribution in [2.24, 2.45) is 11.7 Å². The average Bonchev–Trinajstić information content (AvgIpc) is 2.25. The smallest absolute Gasteiger partial charge is 0.144 e. The first-order valence-electron chi connectivity index (χ1n) is 5.06. The van der Waals surface area contributed by atoms with Crippen molar-refractivity contribution < 1.29 is 0 Å². The maximum absolute atomic E-state index is 5.52. The molecule has 0 aliphatic heterocycles. The van der Waals surface area contributed by atoms with Gasteiger partial charge in [-0.05, 0) is 18.9 Å². The molecule has 0 radical (unpaired) electrons. The van der Waals surface area contributed by atoms with Crippen LogP contribution in [-0.2, 0) is 0 Å². The summed E-state index contributed by atoms with van der Waals surface area (Å²) in [6, 6.07) is 0. The molecule has 0 aliphatic rings. The maximum Gasteiger partial charge on any atom is 0.144 e. The van der Waals surface area contributed by atoms with Gasteiger partial charge in [-0.15, -0.1) is 0 Å². The highest BCUT2D eigenvalue weighted by Crippen LogP contribution is 2.08. The van der Waals surface area contributed by atoms with Gasteiger partial charge in [0.1, 0.15) is 5.82 Å². The fraction of sp³-hybridized carbons (Fsp3) is 0.600. The molecule has 78 valence electrons. The lowest BCUT2D eigenvalue weighted by atomic mass is 10.0. The molecule has 1 rings (SSSR count). The fourth-order valence-corrected chi connectivity index (χ4v) is 1.33. The topological polar surface area (TPSA) is 63.8 Å². The Morgan fingerprint density at radius 3 is 2.93 bits per heavy atom. The van der Waals surface area contributed by atoms with Crippen molar-refractivity contribution in [2.75, 3.05) is 18.4 Å². The molecule has 1 aromatic heterocycles. The van der Waals surface area contributed by atoms with Gasteiger partial charge in [0.05, 0.1) is 6.20 Å². The molecule has 3 N–H and O–H groups in total. The van der Waals surface area contributed by atoms with E-state index in [0.717, 1.165) is 31.7 Å². The molecule has 1 atom stereocenters. The fourth-order valence-electron chi connectivity index (χ4n) is 1.33. The van der Waals surface area contributed by atoms with Gasteiger partial charge in [-0.2, -0.15) is 0 Å². The SMILES string of the molecule is CCC(CCN)CNc1cnccn1. The number of nitrogens with zero attached hydrogens (tertiary/aromatic N) is 2. The van der Waals surface area contributed by atoms with Crippen LogP contribution in [-0.4, -0.2) is 23.1 Å². The molecule has 0 fully saturated rings. The first-order valence-corrected chi connectivity index (χ1v) is 5.06. The highest BCUT2D eigenvalue weighted by molar-refractivity contribution is 5.29. The van der Waals surface area contributed by atoms with Gasteiger partial charge in [-0.25, -0.2) is 4.98 Å². The number of hydrogen-bond acceptors (Lipinski definition) is 4. The molecule has 0 aromatic carbocycles. The third kappa shape index (κ3) is 3.70. The predicted octanol–water partition coefficient (Wildman–Crippen LogP) is 1.26. The second-order valence-electron chi connectivity index (χ2n) is 3.32. The van der Waals surface area contributed by atoms with E-state index in [0.29, 0.717) is 5.92 Å². The van der Waals surface area contributed by atoms with E-state index in [1.54, 1.807) is 18.6 Å². The lowest BCUT2D eigenvalue weighted by molar-refractivity contribution is 0.501. The molecule has 0 amide bonds. The molecule has 14 heavy (non-hydrogen) atoms. The minimum Gasteiger partial charge on any atom is -0.369 e. The van der Waals surface area contributed by atoms with Crippen LogP contribution in [0.2, 0.25) is 0 Å². The largest absolute Gasteiger partial charge is 0.369 e. The van der Waals surface area contributed by atoms with Gasteiger partial charge in [0.2, 0.25) is 0 Å². The zero-order valence-electron chi connectivity index (χ0n) is 8.61. The van der Waals surface area contributed by atoms with Crippen molar-refractivity contribution in [3.63, 3.8) is 0 Å². The summed E-state index contributed by atoms with van der Waals surface area (Å²) in [6.07, 6.45) is 7.29. The van der Waals surface area contributed by atoms with Gasteiger partial charge >= 0.3 is 0 Å². The van der Waals surface area contributed by atoms with Crippen LogP contribution in [0.4, 0.5) is 5.82 Å². The Labute approximate surface area is 85.0 Å². The molecule has 0 aliphatic carbocycles. The van der Waals surface area contributed by atoms with E-state index in [1.165, 1.54) is 0 Å². The van der Waals surface area contributed by atoms with Gasteiger partial charge in [-0.1, -0.05) is 13.3 Å². The van der Waals surface area contributed by atoms with E-state index in [2.05, 4.69) is 22.2 Å². The summed E-state index contributed by atoms with van der Waals surface area (Å²) in [5.74, 6) is 1.46. The summed E-state index contributed by atoms with van der Waals surface area (Å²) in [6.45, 7) is 3.85. The number of hydrogen-bond donors (Lipinski definition) is 2. The maximum atomic E-state index is 5.52. The highest BCUT2D eigenvalue weighted by atomic mass is 15.0. The zero-order valence-corrected chi connectivity index (χ0v) is 8.61. The molecule has 4 heteroatoms. The first kappa shape index (κ1) is 10.9. The average molecular weight is 194 g/mol. The number of nitrogens with one attached hydrogen (secondary N) is 1. The number of nitrogens with two attached hydrogens (primary N) is 1. The van der Waals surface area contributed by atoms with Gasteiger partial charge in [0, 0.05) is 18.9 Å². The molecular formula is C10H18N4. The van der Waals surface area contributed by atoms with E-state index in [9.17, 15) is 0 Å². The molecule has 0 spiro atoms. The molecular weight excluding hydrogens is 176 g/mol. The van der Waals surface area contributed by atoms with Crippen molar-refractivity contribution in [1.82, 2.24) is 9.97 Å². The normalized spacial score (nSPS) is 12.4. The highest BCUT2D eigenvalue weighted by Gasteiger charge is 2.04. The summed E-state index contributed by atoms with van der Waals surface area (Å²) >= 11 is 0. The minimum absolute atomic E-state index is 0.627. The molecule has 0 saturated carbocycles. The first-order chi connectivity index (χ1) is 6.86. The van der Waals surface area contributed by atoms with Crippen LogP contribution >= 0.6 is 0 Å². The molecule has 1 unspecified atom stereocenters. The van der Waals surface area contributed by atoms with Crippen LogP contribution in [0.3, 0.4) is 0 Å². The molecule has 0 bridgehead atoms. The number of anilines is 1. The summed E-state index contributed by atoms with van der Waals surface area (Å²) in [4.78, 5) is 8.13. The van der Waals surface area contributed by atoms with Crippen LogP contribution in [0.5, 0.6) is 0 Å². The van der Waals surface area contributed by atoms with E-state index in [-0.39, 0.29) is 0 Å². The second kappa shape index (κ2) is 6.32. The third-order valence-corrected chi connectivity index (χ3v) is 2.29. The van der Waals surface area contributed by atoms with E-state index in [1.807, 2.05) is 0 Å². The molecule has 1 heterocycles. The Balaban J connectivity index is 2.32. The lowest BCUT2D eigenvalue weighted by Crippen LogP contribution is -2.17. The van der Waals surface area contributed by atoms with Crippen LogP contribution in [0.15, 0.2) is 18.6 Å². The van der Waals surface area contributed by atoms with Gasteiger partial charge in [0.25, 0.3) is 0 Å². The summed E-state index contributed by atoms with van der Waals surface area (Å²) in [5.41, 5.74) is 5.52. The Morgan fingerprint density at radius 2 is 2.36 bits per heavy atom. The summed E-state index contributed by atoms with van der Waals surface area (Å²) in [7, 11) is 0. The monoisotopic (exact) mass is 194 g/mol. The van der Waals surface area contributed by atoms with Crippen LogP contribution in [0.25, 0.3) is 0 Å². The zero-order chi connectivity index (χ0) is 10.2. The Bertz CT molecular complexity index is 237. The molecule has 4 nitrogen and oxygen atoms in total. The van der Waals surface area contributed by atoms with Gasteiger partial charge in [0.15, 0.2) is 0 Å². The summed E-state index contributed by atoms with van der Waals surface area (Å²) < 4.78 is 0. The predicted molar refractivity (Wildman–Crippen MR) is 58.0 cm³/mol. The van der Waals surface area contributed by atoms with Crippen LogP contribution < -0.4 is 11.1 Å². The summed E-state index contributed by atoms with van der Waals surface area (Å²) in [5, 5.41) is 3.25. The molecule has 0 saturated heterocycles. The van der Waals surface area contributed by atoms with Crippen molar-refractivity contribution in [3.05, 3.63) is 18.6 Å². The van der Waals surface area contributed by atoms with Crippen molar-refractivity contribution in [2.45, 2.75) is 19.8 Å². The second-order valence-corrected chi connectivity index (χ2v) is 3.32. The van der Waals surface area contributed by atoms with Gasteiger partial charge < -0.3 is 11.1 Å². The van der Waals surface area contributed by atoms with Crippen molar-refractivity contribution >= 4 is 5.82 Å². The Hall–Kier alpha value is -1.16. The van der Waals surface area contributed by atoms with Crippen molar-refractivity contribution in [3.8, 4) is 0 Å². The van der Waals surface area contributed by atoms with Crippen LogP contribution in [0.1, 0.15) is 19.8 Å². The standard InChI is InChI=1S/C10H18N4/c1-2-9(3-4-11)7-14-10-8-12-5-6-13-10/h5-6,8-9H,2-4,7,11H2,1H3,(H,13,14).